The Bertz CT molecular complexity index is 390. The number of benzene rings is 1. The first-order valence-corrected chi connectivity index (χ1v) is 6.30. The van der Waals surface area contributed by atoms with E-state index in [9.17, 15) is 4.79 Å². The summed E-state index contributed by atoms with van der Waals surface area (Å²) >= 11 is 0. The van der Waals surface area contributed by atoms with E-state index in [2.05, 4.69) is 0 Å². The molecule has 0 aliphatic rings. The summed E-state index contributed by atoms with van der Waals surface area (Å²) in [6, 6.07) is 7.84. The highest BCUT2D eigenvalue weighted by Gasteiger charge is 2.22. The van der Waals surface area contributed by atoms with E-state index in [-0.39, 0.29) is 11.9 Å². The first kappa shape index (κ1) is 14.7. The van der Waals surface area contributed by atoms with Gasteiger partial charge in [-0.2, -0.15) is 0 Å². The lowest BCUT2D eigenvalue weighted by atomic mass is 9.99. The maximum Gasteiger partial charge on any atom is 0.313 e. The summed E-state index contributed by atoms with van der Waals surface area (Å²) in [6.45, 7) is 7.85. The van der Waals surface area contributed by atoms with Crippen LogP contribution in [0, 0.1) is 0 Å². The SMILES string of the molecule is CC(C(=O)OC(C)(C)C)c1ccc(CC[NH])cc1. The van der Waals surface area contributed by atoms with Crippen molar-refractivity contribution in [3.63, 3.8) is 0 Å². The summed E-state index contributed by atoms with van der Waals surface area (Å²) in [7, 11) is 0. The molecule has 99 valence electrons. The van der Waals surface area contributed by atoms with Crippen molar-refractivity contribution in [1.29, 1.82) is 0 Å². The van der Waals surface area contributed by atoms with Gasteiger partial charge in [0.25, 0.3) is 0 Å². The second-order valence-electron chi connectivity index (χ2n) is 5.50. The van der Waals surface area contributed by atoms with E-state index >= 15 is 0 Å². The molecule has 0 aliphatic carbocycles. The molecule has 0 fully saturated rings. The molecule has 1 rings (SSSR count). The lowest BCUT2D eigenvalue weighted by Crippen LogP contribution is -2.26. The van der Waals surface area contributed by atoms with Gasteiger partial charge in [0.05, 0.1) is 5.92 Å². The predicted molar refractivity (Wildman–Crippen MR) is 72.4 cm³/mol. The molecule has 1 N–H and O–H groups in total. The highest BCUT2D eigenvalue weighted by Crippen LogP contribution is 2.20. The summed E-state index contributed by atoms with van der Waals surface area (Å²) in [5.41, 5.74) is 8.81. The van der Waals surface area contributed by atoms with Crippen LogP contribution in [0.3, 0.4) is 0 Å². The molecule has 1 radical (unpaired) electrons. The van der Waals surface area contributed by atoms with E-state index in [0.29, 0.717) is 6.54 Å². The Morgan fingerprint density at radius 3 is 2.28 bits per heavy atom. The molecule has 1 aromatic rings. The molecule has 1 unspecified atom stereocenters. The lowest BCUT2D eigenvalue weighted by Gasteiger charge is -2.22. The molecule has 0 amide bonds. The third-order valence-corrected chi connectivity index (χ3v) is 2.65. The minimum absolute atomic E-state index is 0.198. The Morgan fingerprint density at radius 2 is 1.83 bits per heavy atom. The van der Waals surface area contributed by atoms with Crippen LogP contribution >= 0.6 is 0 Å². The van der Waals surface area contributed by atoms with Crippen molar-refractivity contribution < 1.29 is 9.53 Å². The third kappa shape index (κ3) is 4.49. The van der Waals surface area contributed by atoms with Gasteiger partial charge in [0.1, 0.15) is 5.60 Å². The van der Waals surface area contributed by atoms with Crippen LogP contribution in [0.1, 0.15) is 44.7 Å². The van der Waals surface area contributed by atoms with Crippen molar-refractivity contribution in [2.45, 2.75) is 45.6 Å². The minimum atomic E-state index is -0.448. The Kier molecular flexibility index (Phi) is 4.91. The number of rotatable bonds is 4. The van der Waals surface area contributed by atoms with Gasteiger partial charge in [0.15, 0.2) is 0 Å². The molecule has 1 atom stereocenters. The summed E-state index contributed by atoms with van der Waals surface area (Å²) in [4.78, 5) is 11.9. The maximum absolute atomic E-state index is 11.9. The van der Waals surface area contributed by atoms with Gasteiger partial charge in [0.2, 0.25) is 0 Å². The van der Waals surface area contributed by atoms with Crippen LogP contribution < -0.4 is 5.73 Å². The van der Waals surface area contributed by atoms with Crippen molar-refractivity contribution in [2.24, 2.45) is 0 Å². The molecule has 0 aromatic heterocycles. The summed E-state index contributed by atoms with van der Waals surface area (Å²) < 4.78 is 5.36. The molecule has 0 heterocycles. The molecule has 0 aliphatic heterocycles. The van der Waals surface area contributed by atoms with Crippen molar-refractivity contribution in [1.82, 2.24) is 5.73 Å². The molecule has 0 bridgehead atoms. The fourth-order valence-corrected chi connectivity index (χ4v) is 1.64. The van der Waals surface area contributed by atoms with Crippen LogP contribution in [0.5, 0.6) is 0 Å². The zero-order valence-electron chi connectivity index (χ0n) is 11.6. The second kappa shape index (κ2) is 6.01. The summed E-state index contributed by atoms with van der Waals surface area (Å²) in [5.74, 6) is -0.454. The predicted octanol–water partition coefficient (Wildman–Crippen LogP) is 2.96. The molecule has 3 heteroatoms. The van der Waals surface area contributed by atoms with Crippen LogP contribution in [0.2, 0.25) is 0 Å². The third-order valence-electron chi connectivity index (χ3n) is 2.65. The highest BCUT2D eigenvalue weighted by molar-refractivity contribution is 5.78. The molecule has 18 heavy (non-hydrogen) atoms. The number of nitrogens with one attached hydrogen (secondary N) is 1. The van der Waals surface area contributed by atoms with Crippen LogP contribution in [-0.4, -0.2) is 18.1 Å². The fraction of sp³-hybridized carbons (Fsp3) is 0.533. The quantitative estimate of drug-likeness (QED) is 0.769. The van der Waals surface area contributed by atoms with Gasteiger partial charge in [0, 0.05) is 6.54 Å². The van der Waals surface area contributed by atoms with E-state index in [1.807, 2.05) is 52.0 Å². The number of esters is 1. The van der Waals surface area contributed by atoms with Crippen molar-refractivity contribution in [2.75, 3.05) is 6.54 Å². The van der Waals surface area contributed by atoms with Gasteiger partial charge in [-0.15, -0.1) is 0 Å². The minimum Gasteiger partial charge on any atom is -0.460 e. The molecule has 0 saturated heterocycles. The topological polar surface area (TPSA) is 50.1 Å². The zero-order valence-corrected chi connectivity index (χ0v) is 11.6. The molecular weight excluding hydrogens is 226 g/mol. The normalized spacial score (nSPS) is 13.2. The number of hydrogen-bond donors (Lipinski definition) is 0. The first-order chi connectivity index (χ1) is 8.33. The van der Waals surface area contributed by atoms with Gasteiger partial charge < -0.3 is 4.74 Å². The largest absolute Gasteiger partial charge is 0.460 e. The molecule has 0 spiro atoms. The van der Waals surface area contributed by atoms with Gasteiger partial charge in [-0.05, 0) is 45.2 Å². The monoisotopic (exact) mass is 248 g/mol. The van der Waals surface area contributed by atoms with Gasteiger partial charge in [-0.1, -0.05) is 24.3 Å². The zero-order chi connectivity index (χ0) is 13.8. The molecule has 3 nitrogen and oxygen atoms in total. The first-order valence-electron chi connectivity index (χ1n) is 6.30. The van der Waals surface area contributed by atoms with E-state index in [1.54, 1.807) is 0 Å². The molecule has 0 saturated carbocycles. The van der Waals surface area contributed by atoms with E-state index in [4.69, 9.17) is 10.5 Å². The van der Waals surface area contributed by atoms with Gasteiger partial charge in [-0.3, -0.25) is 10.5 Å². The lowest BCUT2D eigenvalue weighted by molar-refractivity contribution is -0.156. The standard InChI is InChI=1S/C15H22NO2/c1-11(14(17)18-15(2,3)4)13-7-5-12(6-8-13)9-10-16/h5-8,11,16H,9-10H2,1-4H3. The number of carbonyl (C=O) groups excluding carboxylic acids is 1. The van der Waals surface area contributed by atoms with Crippen LogP contribution in [0.25, 0.3) is 0 Å². The molecular formula is C15H22NO2. The van der Waals surface area contributed by atoms with Crippen LogP contribution in [0.4, 0.5) is 0 Å². The van der Waals surface area contributed by atoms with Crippen LogP contribution in [-0.2, 0) is 16.0 Å². The summed E-state index contributed by atoms with van der Waals surface area (Å²) in [6.07, 6.45) is 0.751. The highest BCUT2D eigenvalue weighted by atomic mass is 16.6. The van der Waals surface area contributed by atoms with Crippen molar-refractivity contribution >= 4 is 5.97 Å². The van der Waals surface area contributed by atoms with Crippen molar-refractivity contribution in [3.8, 4) is 0 Å². The Balaban J connectivity index is 2.71. The fourth-order valence-electron chi connectivity index (χ4n) is 1.64. The van der Waals surface area contributed by atoms with E-state index in [0.717, 1.165) is 17.5 Å². The Hall–Kier alpha value is -1.35. The summed E-state index contributed by atoms with van der Waals surface area (Å²) in [5, 5.41) is 0. The second-order valence-corrected chi connectivity index (χ2v) is 5.50. The van der Waals surface area contributed by atoms with Gasteiger partial charge >= 0.3 is 5.97 Å². The molecule has 1 aromatic carbocycles. The van der Waals surface area contributed by atoms with Crippen LogP contribution in [0.15, 0.2) is 24.3 Å². The smallest absolute Gasteiger partial charge is 0.313 e. The number of carbonyl (C=O) groups is 1. The average Bonchev–Trinajstić information content (AvgIpc) is 2.27. The Labute approximate surface area is 109 Å². The number of ether oxygens (including phenoxy) is 1. The van der Waals surface area contributed by atoms with Crippen molar-refractivity contribution in [3.05, 3.63) is 35.4 Å². The van der Waals surface area contributed by atoms with Gasteiger partial charge in [-0.25, -0.2) is 0 Å². The maximum atomic E-state index is 11.9. The van der Waals surface area contributed by atoms with E-state index in [1.165, 1.54) is 0 Å². The number of hydrogen-bond acceptors (Lipinski definition) is 2. The Morgan fingerprint density at radius 1 is 1.28 bits per heavy atom. The van der Waals surface area contributed by atoms with E-state index < -0.39 is 5.60 Å². The average molecular weight is 248 g/mol.